The van der Waals surface area contributed by atoms with Gasteiger partial charge in [0.05, 0.1) is 18.8 Å². The summed E-state index contributed by atoms with van der Waals surface area (Å²) in [4.78, 5) is 12.9. The molecule has 0 atom stereocenters. The summed E-state index contributed by atoms with van der Waals surface area (Å²) in [6, 6.07) is 25.5. The first kappa shape index (κ1) is 22.3. The van der Waals surface area contributed by atoms with E-state index >= 15 is 0 Å². The molecule has 0 heterocycles. The maximum atomic E-state index is 12.9. The number of carbonyl (C=O) groups excluding carboxylic acids is 1. The molecule has 3 aromatic rings. The molecule has 0 aromatic heterocycles. The van der Waals surface area contributed by atoms with Crippen LogP contribution in [0.15, 0.2) is 84.4 Å². The monoisotopic (exact) mass is 441 g/mol. The Morgan fingerprint density at radius 1 is 0.939 bits per heavy atom. The lowest BCUT2D eigenvalue weighted by atomic mass is 9.97. The van der Waals surface area contributed by atoms with Crippen molar-refractivity contribution in [3.63, 3.8) is 0 Å². The third kappa shape index (κ3) is 4.82. The first-order valence-corrected chi connectivity index (χ1v) is 11.2. The highest BCUT2D eigenvalue weighted by Gasteiger charge is 2.39. The summed E-state index contributed by atoms with van der Waals surface area (Å²) in [5.41, 5.74) is 4.92. The summed E-state index contributed by atoms with van der Waals surface area (Å²) < 4.78 is 12.1. The van der Waals surface area contributed by atoms with Gasteiger partial charge >= 0.3 is 5.97 Å². The van der Waals surface area contributed by atoms with Crippen LogP contribution in [0.5, 0.6) is 5.75 Å². The zero-order valence-corrected chi connectivity index (χ0v) is 18.9. The number of hydrogen-bond donors (Lipinski definition) is 0. The van der Waals surface area contributed by atoms with Crippen LogP contribution < -0.4 is 4.74 Å². The van der Waals surface area contributed by atoms with E-state index in [1.54, 1.807) is 6.92 Å². The van der Waals surface area contributed by atoms with Gasteiger partial charge in [-0.15, -0.1) is 0 Å². The van der Waals surface area contributed by atoms with Gasteiger partial charge in [0.15, 0.2) is 0 Å². The molecule has 0 aliphatic heterocycles. The summed E-state index contributed by atoms with van der Waals surface area (Å²) in [5, 5.41) is 12.6. The second kappa shape index (κ2) is 10.2. The number of nitrogens with zero attached hydrogens (tertiary/aromatic N) is 1. The van der Waals surface area contributed by atoms with Gasteiger partial charge in [-0.05, 0) is 54.7 Å². The molecule has 1 aliphatic rings. The van der Waals surface area contributed by atoms with Crippen molar-refractivity contribution in [1.29, 1.82) is 0 Å². The SMILES string of the molecule is CCOC(=O)C1=C(c2ccccc2)c2ccc(OCCCc3ccccc3)cc2/C1=[N+](/C)[O-]. The number of carbonyl (C=O) groups is 1. The van der Waals surface area contributed by atoms with E-state index in [0.717, 1.165) is 28.7 Å². The van der Waals surface area contributed by atoms with E-state index < -0.39 is 5.97 Å². The average Bonchev–Trinajstić information content (AvgIpc) is 3.18. The molecular formula is C28H27NO4. The lowest BCUT2D eigenvalue weighted by Gasteiger charge is -2.10. The summed E-state index contributed by atoms with van der Waals surface area (Å²) in [6.45, 7) is 2.54. The van der Waals surface area contributed by atoms with E-state index in [-0.39, 0.29) is 12.2 Å². The van der Waals surface area contributed by atoms with Crippen LogP contribution >= 0.6 is 0 Å². The number of benzene rings is 3. The Morgan fingerprint density at radius 3 is 2.30 bits per heavy atom. The Hall–Kier alpha value is -3.86. The highest BCUT2D eigenvalue weighted by atomic mass is 16.5. The molecule has 0 N–H and O–H groups in total. The highest BCUT2D eigenvalue weighted by molar-refractivity contribution is 6.35. The van der Waals surface area contributed by atoms with Crippen LogP contribution in [0.25, 0.3) is 5.57 Å². The lowest BCUT2D eigenvalue weighted by Crippen LogP contribution is -2.21. The van der Waals surface area contributed by atoms with Gasteiger partial charge in [-0.1, -0.05) is 60.7 Å². The van der Waals surface area contributed by atoms with Crippen molar-refractivity contribution in [3.8, 4) is 5.75 Å². The fraction of sp³-hybridized carbons (Fsp3) is 0.214. The van der Waals surface area contributed by atoms with E-state index in [9.17, 15) is 10.0 Å². The van der Waals surface area contributed by atoms with Crippen LogP contribution in [0.3, 0.4) is 0 Å². The average molecular weight is 442 g/mol. The zero-order valence-electron chi connectivity index (χ0n) is 18.9. The number of ether oxygens (including phenoxy) is 2. The second-order valence-corrected chi connectivity index (χ2v) is 7.83. The Kier molecular flexibility index (Phi) is 6.89. The Balaban J connectivity index is 1.64. The standard InChI is InChI=1S/C28H27NO4/c1-3-32-28(30)26-25(21-14-8-5-9-15-21)23-17-16-22(19-24(23)27(26)29(2)31)33-18-10-13-20-11-6-4-7-12-20/h4-9,11-12,14-17,19H,3,10,13,18H2,1-2H3/b29-27+. The largest absolute Gasteiger partial charge is 0.624 e. The maximum Gasteiger partial charge on any atom is 0.345 e. The minimum Gasteiger partial charge on any atom is -0.624 e. The van der Waals surface area contributed by atoms with Crippen LogP contribution in [0.1, 0.15) is 35.6 Å². The van der Waals surface area contributed by atoms with E-state index in [1.165, 1.54) is 12.6 Å². The number of esters is 1. The minimum atomic E-state index is -0.504. The molecule has 168 valence electrons. The third-order valence-electron chi connectivity index (χ3n) is 5.58. The summed E-state index contributed by atoms with van der Waals surface area (Å²) >= 11 is 0. The Morgan fingerprint density at radius 2 is 1.64 bits per heavy atom. The first-order chi connectivity index (χ1) is 16.1. The number of hydroxylamine groups is 1. The molecule has 3 aromatic carbocycles. The topological polar surface area (TPSA) is 61.6 Å². The van der Waals surface area contributed by atoms with Gasteiger partial charge in [0, 0.05) is 5.57 Å². The zero-order chi connectivity index (χ0) is 23.2. The van der Waals surface area contributed by atoms with Crippen molar-refractivity contribution in [3.05, 3.63) is 112 Å². The Bertz CT molecular complexity index is 1190. The van der Waals surface area contributed by atoms with E-state index in [1.807, 2.05) is 66.7 Å². The smallest absolute Gasteiger partial charge is 0.345 e. The fourth-order valence-corrected chi connectivity index (χ4v) is 4.16. The predicted octanol–water partition coefficient (Wildman–Crippen LogP) is 5.01. The van der Waals surface area contributed by atoms with Gasteiger partial charge in [-0.2, -0.15) is 0 Å². The van der Waals surface area contributed by atoms with Crippen molar-refractivity contribution in [2.24, 2.45) is 0 Å². The van der Waals surface area contributed by atoms with Crippen molar-refractivity contribution < 1.29 is 19.0 Å². The molecule has 0 radical (unpaired) electrons. The van der Waals surface area contributed by atoms with Crippen LogP contribution in [0.2, 0.25) is 0 Å². The fourth-order valence-electron chi connectivity index (χ4n) is 4.16. The molecule has 0 amide bonds. The molecule has 5 heteroatoms. The van der Waals surface area contributed by atoms with Gasteiger partial charge in [-0.25, -0.2) is 9.53 Å². The van der Waals surface area contributed by atoms with Crippen LogP contribution in [0.4, 0.5) is 0 Å². The van der Waals surface area contributed by atoms with E-state index in [4.69, 9.17) is 9.47 Å². The minimum absolute atomic E-state index is 0.229. The molecular weight excluding hydrogens is 414 g/mol. The van der Waals surface area contributed by atoms with Crippen LogP contribution in [0, 0.1) is 5.21 Å². The quantitative estimate of drug-likeness (QED) is 0.162. The normalized spacial score (nSPS) is 14.1. The number of rotatable bonds is 8. The van der Waals surface area contributed by atoms with Gasteiger partial charge in [0.2, 0.25) is 5.71 Å². The van der Waals surface area contributed by atoms with Crippen molar-refractivity contribution in [2.75, 3.05) is 20.3 Å². The predicted molar refractivity (Wildman–Crippen MR) is 129 cm³/mol. The molecule has 0 fully saturated rings. The van der Waals surface area contributed by atoms with Gasteiger partial charge < -0.3 is 14.7 Å². The number of fused-ring (bicyclic) bond motifs is 1. The maximum absolute atomic E-state index is 12.9. The third-order valence-corrected chi connectivity index (χ3v) is 5.58. The lowest BCUT2D eigenvalue weighted by molar-refractivity contribution is -0.421. The summed E-state index contributed by atoms with van der Waals surface area (Å²) in [7, 11) is 1.40. The molecule has 5 nitrogen and oxygen atoms in total. The van der Waals surface area contributed by atoms with Gasteiger partial charge in [0.25, 0.3) is 0 Å². The van der Waals surface area contributed by atoms with Gasteiger partial charge in [0.1, 0.15) is 18.4 Å². The van der Waals surface area contributed by atoms with Gasteiger partial charge in [-0.3, -0.25) is 0 Å². The summed E-state index contributed by atoms with van der Waals surface area (Å²) in [5.74, 6) is 0.161. The van der Waals surface area contributed by atoms with Crippen molar-refractivity contribution in [1.82, 2.24) is 0 Å². The number of hydrogen-bond acceptors (Lipinski definition) is 4. The summed E-state index contributed by atoms with van der Waals surface area (Å²) in [6.07, 6.45) is 1.81. The molecule has 0 saturated carbocycles. The van der Waals surface area contributed by atoms with E-state index in [0.29, 0.717) is 29.2 Å². The Labute approximate surface area is 194 Å². The molecule has 0 saturated heterocycles. The van der Waals surface area contributed by atoms with Crippen molar-refractivity contribution in [2.45, 2.75) is 19.8 Å². The second-order valence-electron chi connectivity index (χ2n) is 7.83. The molecule has 1 aliphatic carbocycles. The van der Waals surface area contributed by atoms with Crippen LogP contribution in [-0.2, 0) is 16.0 Å². The first-order valence-electron chi connectivity index (χ1n) is 11.2. The molecule has 0 bridgehead atoms. The van der Waals surface area contributed by atoms with Crippen molar-refractivity contribution >= 4 is 17.3 Å². The van der Waals surface area contributed by atoms with E-state index in [2.05, 4.69) is 12.1 Å². The molecule has 0 unspecified atom stereocenters. The number of aryl methyl sites for hydroxylation is 1. The molecule has 0 spiro atoms. The molecule has 33 heavy (non-hydrogen) atoms. The van der Waals surface area contributed by atoms with Crippen LogP contribution in [-0.4, -0.2) is 36.7 Å². The highest BCUT2D eigenvalue weighted by Crippen LogP contribution is 2.40. The molecule has 4 rings (SSSR count).